The standard InChI is InChI=1S/C16H16ClNO3/c1-12(18(2)14-8-6-7-13(17)11-14)20-16(19)21-15-9-4-3-5-10-15/h3-12H,1-2H3. The van der Waals surface area contributed by atoms with Gasteiger partial charge < -0.3 is 14.4 Å². The van der Waals surface area contributed by atoms with Crippen molar-refractivity contribution in [3.8, 4) is 5.75 Å². The Hall–Kier alpha value is -2.20. The van der Waals surface area contributed by atoms with Crippen molar-refractivity contribution < 1.29 is 14.3 Å². The number of hydrogen-bond acceptors (Lipinski definition) is 4. The van der Waals surface area contributed by atoms with Crippen LogP contribution in [-0.4, -0.2) is 19.4 Å². The highest BCUT2D eigenvalue weighted by molar-refractivity contribution is 6.30. The Morgan fingerprint density at radius 1 is 1.14 bits per heavy atom. The van der Waals surface area contributed by atoms with Gasteiger partial charge in [0.15, 0.2) is 6.23 Å². The van der Waals surface area contributed by atoms with Crippen LogP contribution in [0.15, 0.2) is 54.6 Å². The highest BCUT2D eigenvalue weighted by Gasteiger charge is 2.16. The zero-order valence-corrected chi connectivity index (χ0v) is 12.6. The van der Waals surface area contributed by atoms with E-state index in [1.165, 1.54) is 0 Å². The fourth-order valence-electron chi connectivity index (χ4n) is 1.73. The van der Waals surface area contributed by atoms with Crippen LogP contribution in [0.25, 0.3) is 0 Å². The number of carbonyl (C=O) groups is 1. The molecule has 0 radical (unpaired) electrons. The van der Waals surface area contributed by atoms with Gasteiger partial charge in [-0.15, -0.1) is 0 Å². The molecule has 0 aliphatic carbocycles. The first-order valence-electron chi connectivity index (χ1n) is 6.48. The summed E-state index contributed by atoms with van der Waals surface area (Å²) in [6.07, 6.45) is -1.23. The van der Waals surface area contributed by atoms with Crippen molar-refractivity contribution in [1.29, 1.82) is 0 Å². The van der Waals surface area contributed by atoms with E-state index in [1.807, 2.05) is 25.2 Å². The zero-order chi connectivity index (χ0) is 15.2. The minimum atomic E-state index is -0.748. The first-order valence-corrected chi connectivity index (χ1v) is 6.86. The summed E-state index contributed by atoms with van der Waals surface area (Å²) in [5.41, 5.74) is 0.850. The first-order chi connectivity index (χ1) is 10.1. The second-order valence-corrected chi connectivity index (χ2v) is 4.91. The molecule has 0 spiro atoms. The van der Waals surface area contributed by atoms with Crippen LogP contribution in [0.2, 0.25) is 5.02 Å². The molecule has 0 aromatic heterocycles. The fourth-order valence-corrected chi connectivity index (χ4v) is 1.92. The van der Waals surface area contributed by atoms with Crippen molar-refractivity contribution >= 4 is 23.4 Å². The molecule has 1 atom stereocenters. The van der Waals surface area contributed by atoms with Crippen LogP contribution in [0.4, 0.5) is 10.5 Å². The second-order valence-electron chi connectivity index (χ2n) is 4.47. The van der Waals surface area contributed by atoms with Gasteiger partial charge in [-0.2, -0.15) is 0 Å². The van der Waals surface area contributed by atoms with E-state index in [1.54, 1.807) is 48.2 Å². The van der Waals surface area contributed by atoms with Gasteiger partial charge in [0.2, 0.25) is 0 Å². The number of hydrogen-bond donors (Lipinski definition) is 0. The molecule has 5 heteroatoms. The lowest BCUT2D eigenvalue weighted by atomic mass is 10.3. The summed E-state index contributed by atoms with van der Waals surface area (Å²) >= 11 is 5.95. The number of para-hydroxylation sites is 1. The number of nitrogens with zero attached hydrogens (tertiary/aromatic N) is 1. The topological polar surface area (TPSA) is 38.8 Å². The van der Waals surface area contributed by atoms with Gasteiger partial charge in [-0.1, -0.05) is 35.9 Å². The first kappa shape index (κ1) is 15.2. The molecule has 4 nitrogen and oxygen atoms in total. The molecule has 21 heavy (non-hydrogen) atoms. The number of benzene rings is 2. The third kappa shape index (κ3) is 4.39. The average Bonchev–Trinajstić information content (AvgIpc) is 2.47. The molecule has 0 aliphatic heterocycles. The average molecular weight is 306 g/mol. The minimum Gasteiger partial charge on any atom is -0.410 e. The maximum absolute atomic E-state index is 11.7. The lowest BCUT2D eigenvalue weighted by molar-refractivity contribution is 0.0661. The van der Waals surface area contributed by atoms with E-state index in [2.05, 4.69) is 0 Å². The van der Waals surface area contributed by atoms with Gasteiger partial charge in [0.1, 0.15) is 5.75 Å². The van der Waals surface area contributed by atoms with E-state index in [-0.39, 0.29) is 0 Å². The van der Waals surface area contributed by atoms with Gasteiger partial charge >= 0.3 is 6.16 Å². The predicted octanol–water partition coefficient (Wildman–Crippen LogP) is 4.34. The van der Waals surface area contributed by atoms with E-state index >= 15 is 0 Å². The summed E-state index contributed by atoms with van der Waals surface area (Å²) in [5, 5.41) is 0.624. The normalized spacial score (nSPS) is 11.6. The number of carbonyl (C=O) groups excluding carboxylic acids is 1. The maximum atomic E-state index is 11.7. The van der Waals surface area contributed by atoms with Crippen molar-refractivity contribution in [2.24, 2.45) is 0 Å². The molecule has 0 aliphatic rings. The third-order valence-electron chi connectivity index (χ3n) is 2.97. The highest BCUT2D eigenvalue weighted by Crippen LogP contribution is 2.20. The number of halogens is 1. The largest absolute Gasteiger partial charge is 0.515 e. The Bertz CT molecular complexity index is 603. The van der Waals surface area contributed by atoms with E-state index in [0.29, 0.717) is 10.8 Å². The van der Waals surface area contributed by atoms with Gasteiger partial charge in [-0.25, -0.2) is 4.79 Å². The van der Waals surface area contributed by atoms with E-state index in [9.17, 15) is 4.79 Å². The number of ether oxygens (including phenoxy) is 2. The molecule has 0 saturated heterocycles. The van der Waals surface area contributed by atoms with Crippen LogP contribution in [0.3, 0.4) is 0 Å². The second kappa shape index (κ2) is 6.99. The predicted molar refractivity (Wildman–Crippen MR) is 82.9 cm³/mol. The molecule has 0 saturated carbocycles. The summed E-state index contributed by atoms with van der Waals surface area (Å²) in [5.74, 6) is 0.445. The summed E-state index contributed by atoms with van der Waals surface area (Å²) in [6, 6.07) is 16.1. The fraction of sp³-hybridized carbons (Fsp3) is 0.188. The lowest BCUT2D eigenvalue weighted by Gasteiger charge is -2.26. The summed E-state index contributed by atoms with van der Waals surface area (Å²) in [4.78, 5) is 13.5. The van der Waals surface area contributed by atoms with E-state index < -0.39 is 12.4 Å². The van der Waals surface area contributed by atoms with Gasteiger partial charge in [-0.05, 0) is 37.3 Å². The van der Waals surface area contributed by atoms with Gasteiger partial charge in [0.05, 0.1) is 0 Å². The van der Waals surface area contributed by atoms with Crippen molar-refractivity contribution in [3.63, 3.8) is 0 Å². The van der Waals surface area contributed by atoms with Crippen molar-refractivity contribution in [3.05, 3.63) is 59.6 Å². The molecule has 2 aromatic rings. The Morgan fingerprint density at radius 3 is 2.52 bits per heavy atom. The molecule has 0 N–H and O–H groups in total. The molecule has 1 unspecified atom stereocenters. The molecule has 0 amide bonds. The highest BCUT2D eigenvalue weighted by atomic mass is 35.5. The van der Waals surface area contributed by atoms with Crippen LogP contribution in [0.5, 0.6) is 5.75 Å². The van der Waals surface area contributed by atoms with Gasteiger partial charge in [-0.3, -0.25) is 0 Å². The molecular weight excluding hydrogens is 290 g/mol. The monoisotopic (exact) mass is 305 g/mol. The van der Waals surface area contributed by atoms with Crippen LogP contribution in [0.1, 0.15) is 6.92 Å². The Labute approximate surface area is 128 Å². The van der Waals surface area contributed by atoms with Crippen LogP contribution in [0, 0.1) is 0 Å². The van der Waals surface area contributed by atoms with E-state index in [4.69, 9.17) is 21.1 Å². The summed E-state index contributed by atoms with van der Waals surface area (Å²) in [7, 11) is 1.81. The molecule has 0 heterocycles. The molecule has 2 aromatic carbocycles. The quantitative estimate of drug-likeness (QED) is 0.478. The minimum absolute atomic E-state index is 0.445. The van der Waals surface area contributed by atoms with Crippen molar-refractivity contribution in [1.82, 2.24) is 0 Å². The Kier molecular flexibility index (Phi) is 5.06. The Morgan fingerprint density at radius 2 is 1.86 bits per heavy atom. The molecule has 2 rings (SSSR count). The molecular formula is C16H16ClNO3. The van der Waals surface area contributed by atoms with Gasteiger partial charge in [0.25, 0.3) is 0 Å². The number of anilines is 1. The van der Waals surface area contributed by atoms with Crippen molar-refractivity contribution in [2.75, 3.05) is 11.9 Å². The van der Waals surface area contributed by atoms with Gasteiger partial charge in [0, 0.05) is 17.8 Å². The molecule has 0 fully saturated rings. The maximum Gasteiger partial charge on any atom is 0.515 e. The molecule has 110 valence electrons. The lowest BCUT2D eigenvalue weighted by Crippen LogP contribution is -2.34. The molecule has 0 bridgehead atoms. The smallest absolute Gasteiger partial charge is 0.410 e. The van der Waals surface area contributed by atoms with Crippen LogP contribution >= 0.6 is 11.6 Å². The number of rotatable bonds is 4. The Balaban J connectivity index is 1.94. The zero-order valence-electron chi connectivity index (χ0n) is 11.8. The van der Waals surface area contributed by atoms with Crippen molar-refractivity contribution in [2.45, 2.75) is 13.2 Å². The summed E-state index contributed by atoms with van der Waals surface area (Å²) in [6.45, 7) is 1.76. The van der Waals surface area contributed by atoms with E-state index in [0.717, 1.165) is 5.69 Å². The van der Waals surface area contributed by atoms with Crippen LogP contribution in [-0.2, 0) is 4.74 Å². The summed E-state index contributed by atoms with van der Waals surface area (Å²) < 4.78 is 10.3. The van der Waals surface area contributed by atoms with Crippen LogP contribution < -0.4 is 9.64 Å². The SMILES string of the molecule is CC(OC(=O)Oc1ccccc1)N(C)c1cccc(Cl)c1. The third-order valence-corrected chi connectivity index (χ3v) is 3.21.